The van der Waals surface area contributed by atoms with Crippen LogP contribution in [0.5, 0.6) is 0 Å². The Morgan fingerprint density at radius 1 is 1.53 bits per heavy atom. The summed E-state index contributed by atoms with van der Waals surface area (Å²) in [6, 6.07) is -0.116. The zero-order valence-corrected chi connectivity index (χ0v) is 10.4. The number of carbonyl (C=O) groups is 1. The van der Waals surface area contributed by atoms with E-state index < -0.39 is 17.2 Å². The summed E-state index contributed by atoms with van der Waals surface area (Å²) in [4.78, 5) is 36.0. The van der Waals surface area contributed by atoms with Crippen LogP contribution in [0.2, 0.25) is 0 Å². The first kappa shape index (κ1) is 12.0. The number of nitrogens with one attached hydrogen (secondary N) is 2. The summed E-state index contributed by atoms with van der Waals surface area (Å²) in [5.41, 5.74) is -1.26. The molecule has 1 aromatic rings. The minimum atomic E-state index is -0.675. The Kier molecular flexibility index (Phi) is 3.66. The van der Waals surface area contributed by atoms with E-state index in [-0.39, 0.29) is 11.6 Å². The molecule has 0 saturated carbocycles. The molecule has 0 radical (unpaired) electrons. The molecule has 0 saturated heterocycles. The van der Waals surface area contributed by atoms with Crippen molar-refractivity contribution in [3.8, 4) is 0 Å². The Bertz CT molecular complexity index is 489. The molecule has 1 heterocycles. The highest BCUT2D eigenvalue weighted by molar-refractivity contribution is 14.1. The zero-order chi connectivity index (χ0) is 11.6. The van der Waals surface area contributed by atoms with E-state index in [2.05, 4.69) is 8.51 Å². The number of hydrogen-bond acceptors (Lipinski definition) is 3. The number of aromatic amines is 1. The van der Waals surface area contributed by atoms with Gasteiger partial charge in [-0.1, -0.05) is 0 Å². The highest BCUT2D eigenvalue weighted by atomic mass is 127. The SMILES string of the molecule is CC(C)n1cc(C(=O)NI)c(=O)[nH]c1=O. The van der Waals surface area contributed by atoms with Gasteiger partial charge < -0.3 is 0 Å². The largest absolute Gasteiger partial charge is 0.328 e. The average Bonchev–Trinajstić information content (AvgIpc) is 2.16. The summed E-state index contributed by atoms with van der Waals surface area (Å²) in [5, 5.41) is 0. The van der Waals surface area contributed by atoms with Crippen molar-refractivity contribution in [1.29, 1.82) is 0 Å². The van der Waals surface area contributed by atoms with Crippen LogP contribution < -0.4 is 14.8 Å². The maximum Gasteiger partial charge on any atom is 0.328 e. The first-order chi connectivity index (χ1) is 6.97. The van der Waals surface area contributed by atoms with Crippen LogP contribution in [0.1, 0.15) is 30.2 Å². The fourth-order valence-electron chi connectivity index (χ4n) is 1.08. The number of H-pyrrole nitrogens is 1. The van der Waals surface area contributed by atoms with E-state index in [1.165, 1.54) is 10.8 Å². The highest BCUT2D eigenvalue weighted by Crippen LogP contribution is 1.99. The van der Waals surface area contributed by atoms with Gasteiger partial charge in [-0.3, -0.25) is 22.7 Å². The summed E-state index contributed by atoms with van der Waals surface area (Å²) in [5.74, 6) is -0.522. The zero-order valence-electron chi connectivity index (χ0n) is 8.20. The lowest BCUT2D eigenvalue weighted by molar-refractivity contribution is 0.0987. The maximum atomic E-state index is 11.3. The van der Waals surface area contributed by atoms with Crippen LogP contribution in [-0.4, -0.2) is 15.5 Å². The molecule has 0 bridgehead atoms. The lowest BCUT2D eigenvalue weighted by Crippen LogP contribution is -2.35. The molecule has 6 nitrogen and oxygen atoms in total. The minimum absolute atomic E-state index is 0.0716. The van der Waals surface area contributed by atoms with Crippen LogP contribution in [-0.2, 0) is 0 Å². The predicted octanol–water partition coefficient (Wildman–Crippen LogP) is 0.197. The number of hydrogen-bond donors (Lipinski definition) is 2. The molecule has 0 unspecified atom stereocenters. The summed E-state index contributed by atoms with van der Waals surface area (Å²) in [7, 11) is 0. The Hall–Kier alpha value is -1.12. The first-order valence-electron chi connectivity index (χ1n) is 4.23. The minimum Gasteiger partial charge on any atom is -0.297 e. The standard InChI is InChI=1S/C8H10IN3O3/c1-4(2)12-3-5(7(14)11-9)6(13)10-8(12)15/h3-4H,1-2H3,(H,11,14)(H,10,13,15). The molecule has 82 valence electrons. The molecule has 2 N–H and O–H groups in total. The second-order valence-electron chi connectivity index (χ2n) is 3.23. The van der Waals surface area contributed by atoms with Crippen molar-refractivity contribution >= 4 is 28.8 Å². The lowest BCUT2D eigenvalue weighted by Gasteiger charge is -2.09. The van der Waals surface area contributed by atoms with E-state index >= 15 is 0 Å². The molecule has 7 heteroatoms. The second-order valence-corrected chi connectivity index (χ2v) is 3.77. The first-order valence-corrected chi connectivity index (χ1v) is 5.31. The van der Waals surface area contributed by atoms with Crippen LogP contribution in [0.3, 0.4) is 0 Å². The molecular weight excluding hydrogens is 313 g/mol. The second kappa shape index (κ2) is 4.60. The summed E-state index contributed by atoms with van der Waals surface area (Å²) in [6.07, 6.45) is 1.26. The van der Waals surface area contributed by atoms with E-state index in [1.807, 2.05) is 0 Å². The molecule has 0 spiro atoms. The smallest absolute Gasteiger partial charge is 0.297 e. The average molecular weight is 323 g/mol. The van der Waals surface area contributed by atoms with Gasteiger partial charge in [-0.05, 0) is 13.8 Å². The predicted molar refractivity (Wildman–Crippen MR) is 63.2 cm³/mol. The van der Waals surface area contributed by atoms with Gasteiger partial charge in [0.1, 0.15) is 5.56 Å². The molecule has 1 aromatic heterocycles. The van der Waals surface area contributed by atoms with E-state index in [9.17, 15) is 14.4 Å². The Morgan fingerprint density at radius 3 is 2.60 bits per heavy atom. The molecule has 1 amide bonds. The van der Waals surface area contributed by atoms with Gasteiger partial charge in [0.15, 0.2) is 0 Å². The molecule has 0 aliphatic heterocycles. The Labute approximate surface area is 99.2 Å². The summed E-state index contributed by atoms with van der Waals surface area (Å²) in [6.45, 7) is 3.57. The van der Waals surface area contributed by atoms with Gasteiger partial charge in [-0.15, -0.1) is 0 Å². The van der Waals surface area contributed by atoms with E-state index in [1.54, 1.807) is 36.7 Å². The number of rotatable bonds is 2. The molecule has 0 atom stereocenters. The quantitative estimate of drug-likeness (QED) is 0.602. The normalized spacial score (nSPS) is 10.4. The molecular formula is C8H10IN3O3. The summed E-state index contributed by atoms with van der Waals surface area (Å²) < 4.78 is 3.60. The third kappa shape index (κ3) is 2.46. The molecule has 0 aromatic carbocycles. The van der Waals surface area contributed by atoms with Crippen LogP contribution in [0.4, 0.5) is 0 Å². The van der Waals surface area contributed by atoms with Gasteiger partial charge in [0, 0.05) is 12.2 Å². The molecule has 0 aliphatic carbocycles. The number of nitrogens with zero attached hydrogens (tertiary/aromatic N) is 1. The van der Waals surface area contributed by atoms with Gasteiger partial charge in [0.25, 0.3) is 11.5 Å². The fourth-order valence-corrected chi connectivity index (χ4v) is 1.37. The van der Waals surface area contributed by atoms with Crippen molar-refractivity contribution in [2.24, 2.45) is 0 Å². The molecule has 15 heavy (non-hydrogen) atoms. The van der Waals surface area contributed by atoms with Crippen LogP contribution in [0.15, 0.2) is 15.8 Å². The maximum absolute atomic E-state index is 11.3. The molecule has 0 aliphatic rings. The number of aromatic nitrogens is 2. The third-order valence-electron chi connectivity index (χ3n) is 1.85. The highest BCUT2D eigenvalue weighted by Gasteiger charge is 2.12. The van der Waals surface area contributed by atoms with Crippen molar-refractivity contribution in [2.45, 2.75) is 19.9 Å². The van der Waals surface area contributed by atoms with Gasteiger partial charge in [-0.25, -0.2) is 4.79 Å². The van der Waals surface area contributed by atoms with E-state index in [0.29, 0.717) is 0 Å². The topological polar surface area (TPSA) is 84.0 Å². The van der Waals surface area contributed by atoms with Crippen LogP contribution in [0, 0.1) is 0 Å². The number of amides is 1. The van der Waals surface area contributed by atoms with E-state index in [0.717, 1.165) is 0 Å². The van der Waals surface area contributed by atoms with Gasteiger partial charge in [0.2, 0.25) is 0 Å². The fraction of sp³-hybridized carbons (Fsp3) is 0.375. The lowest BCUT2D eigenvalue weighted by atomic mass is 10.3. The van der Waals surface area contributed by atoms with Gasteiger partial charge >= 0.3 is 5.69 Å². The van der Waals surface area contributed by atoms with Crippen molar-refractivity contribution in [3.63, 3.8) is 0 Å². The van der Waals surface area contributed by atoms with Crippen molar-refractivity contribution in [3.05, 3.63) is 32.6 Å². The third-order valence-corrected chi connectivity index (χ3v) is 2.34. The van der Waals surface area contributed by atoms with Crippen molar-refractivity contribution in [1.82, 2.24) is 13.1 Å². The Morgan fingerprint density at radius 2 is 2.13 bits per heavy atom. The van der Waals surface area contributed by atoms with Crippen molar-refractivity contribution in [2.75, 3.05) is 0 Å². The van der Waals surface area contributed by atoms with Crippen LogP contribution in [0.25, 0.3) is 0 Å². The number of carbonyl (C=O) groups excluding carboxylic acids is 1. The monoisotopic (exact) mass is 323 g/mol. The summed E-state index contributed by atoms with van der Waals surface area (Å²) >= 11 is 1.63. The van der Waals surface area contributed by atoms with E-state index in [4.69, 9.17) is 0 Å². The molecule has 0 fully saturated rings. The Balaban J connectivity index is 3.43. The van der Waals surface area contributed by atoms with Gasteiger partial charge in [-0.2, -0.15) is 0 Å². The number of halogens is 1. The van der Waals surface area contributed by atoms with Gasteiger partial charge in [0.05, 0.1) is 22.9 Å². The molecule has 1 rings (SSSR count). The van der Waals surface area contributed by atoms with Crippen LogP contribution >= 0.6 is 22.9 Å². The van der Waals surface area contributed by atoms with Crippen molar-refractivity contribution < 1.29 is 4.79 Å².